The first kappa shape index (κ1) is 13.7. The third-order valence-electron chi connectivity index (χ3n) is 3.91. The summed E-state index contributed by atoms with van der Waals surface area (Å²) in [6.45, 7) is 0. The maximum absolute atomic E-state index is 10.1. The van der Waals surface area contributed by atoms with Crippen molar-refractivity contribution in [3.8, 4) is 0 Å². The van der Waals surface area contributed by atoms with E-state index in [1.54, 1.807) is 0 Å². The summed E-state index contributed by atoms with van der Waals surface area (Å²) in [7, 11) is 0. The molecule has 0 heterocycles. The Balaban J connectivity index is 1.78. The molecule has 0 radical (unpaired) electrons. The number of aldehydes is 1. The molecule has 0 spiro atoms. The summed E-state index contributed by atoms with van der Waals surface area (Å²) in [5.41, 5.74) is 0. The van der Waals surface area contributed by atoms with Gasteiger partial charge in [0.15, 0.2) is 0 Å². The zero-order chi connectivity index (χ0) is 11.5. The Morgan fingerprint density at radius 1 is 0.812 bits per heavy atom. The molecule has 1 saturated carbocycles. The third-order valence-corrected chi connectivity index (χ3v) is 3.91. The average Bonchev–Trinajstić information content (AvgIpc) is 2.34. The van der Waals surface area contributed by atoms with Gasteiger partial charge in [-0.15, -0.1) is 0 Å². The van der Waals surface area contributed by atoms with Crippen LogP contribution in [0.1, 0.15) is 83.5 Å². The molecule has 0 aromatic heterocycles. The summed E-state index contributed by atoms with van der Waals surface area (Å²) < 4.78 is 0. The number of carbonyl (C=O) groups excluding carboxylic acids is 1. The topological polar surface area (TPSA) is 17.1 Å². The van der Waals surface area contributed by atoms with Crippen molar-refractivity contribution in [2.75, 3.05) is 0 Å². The predicted octanol–water partition coefficient (Wildman–Crippen LogP) is 4.89. The molecule has 0 unspecified atom stereocenters. The molecule has 0 saturated heterocycles. The molecule has 0 bridgehead atoms. The minimum absolute atomic E-state index is 0.766. The van der Waals surface area contributed by atoms with Crippen molar-refractivity contribution in [1.29, 1.82) is 0 Å². The van der Waals surface area contributed by atoms with Gasteiger partial charge in [-0.05, 0) is 12.3 Å². The zero-order valence-electron chi connectivity index (χ0n) is 10.8. The van der Waals surface area contributed by atoms with Crippen molar-refractivity contribution in [3.63, 3.8) is 0 Å². The van der Waals surface area contributed by atoms with E-state index in [4.69, 9.17) is 0 Å². The fourth-order valence-electron chi connectivity index (χ4n) is 2.84. The van der Waals surface area contributed by atoms with Gasteiger partial charge in [-0.25, -0.2) is 0 Å². The van der Waals surface area contributed by atoms with Gasteiger partial charge < -0.3 is 4.79 Å². The van der Waals surface area contributed by atoms with Gasteiger partial charge in [0.2, 0.25) is 0 Å². The fourth-order valence-corrected chi connectivity index (χ4v) is 2.84. The molecule has 94 valence electrons. The highest BCUT2D eigenvalue weighted by molar-refractivity contribution is 5.48. The van der Waals surface area contributed by atoms with Gasteiger partial charge in [-0.1, -0.05) is 70.6 Å². The summed E-state index contributed by atoms with van der Waals surface area (Å²) in [6, 6.07) is 0. The smallest absolute Gasteiger partial charge is 0.119 e. The van der Waals surface area contributed by atoms with Crippen LogP contribution in [0.4, 0.5) is 0 Å². The summed E-state index contributed by atoms with van der Waals surface area (Å²) in [5, 5.41) is 0. The zero-order valence-corrected chi connectivity index (χ0v) is 10.8. The number of rotatable bonds is 9. The lowest BCUT2D eigenvalue weighted by Crippen LogP contribution is -2.05. The Labute approximate surface area is 101 Å². The van der Waals surface area contributed by atoms with Gasteiger partial charge in [0.1, 0.15) is 6.29 Å². The molecule has 1 aliphatic rings. The van der Waals surface area contributed by atoms with E-state index >= 15 is 0 Å². The number of unbranched alkanes of at least 4 members (excludes halogenated alkanes) is 6. The van der Waals surface area contributed by atoms with E-state index in [-0.39, 0.29) is 0 Å². The Morgan fingerprint density at radius 3 is 2.12 bits per heavy atom. The monoisotopic (exact) mass is 224 g/mol. The second kappa shape index (κ2) is 9.86. The minimum Gasteiger partial charge on any atom is -0.303 e. The minimum atomic E-state index is 0.766. The van der Waals surface area contributed by atoms with Gasteiger partial charge in [0.25, 0.3) is 0 Å². The Hall–Kier alpha value is -0.330. The van der Waals surface area contributed by atoms with Crippen LogP contribution in [0.15, 0.2) is 0 Å². The van der Waals surface area contributed by atoms with Crippen LogP contribution in [0.5, 0.6) is 0 Å². The van der Waals surface area contributed by atoms with Gasteiger partial charge in [-0.3, -0.25) is 0 Å². The van der Waals surface area contributed by atoms with E-state index in [1.165, 1.54) is 70.6 Å². The highest BCUT2D eigenvalue weighted by Gasteiger charge is 2.12. The number of hydrogen-bond acceptors (Lipinski definition) is 1. The molecule has 1 heteroatoms. The first-order chi connectivity index (χ1) is 7.93. The lowest BCUT2D eigenvalue weighted by Gasteiger charge is -2.21. The van der Waals surface area contributed by atoms with Gasteiger partial charge >= 0.3 is 0 Å². The number of carbonyl (C=O) groups is 1. The Morgan fingerprint density at radius 2 is 1.44 bits per heavy atom. The Kier molecular flexibility index (Phi) is 8.47. The SMILES string of the molecule is O=CCCCCCCCCC1CCCCC1. The largest absolute Gasteiger partial charge is 0.303 e. The number of hydrogen-bond donors (Lipinski definition) is 0. The third kappa shape index (κ3) is 7.03. The molecule has 0 N–H and O–H groups in total. The molecule has 16 heavy (non-hydrogen) atoms. The van der Waals surface area contributed by atoms with Crippen LogP contribution in [-0.2, 0) is 4.79 Å². The van der Waals surface area contributed by atoms with E-state index in [0.29, 0.717) is 0 Å². The van der Waals surface area contributed by atoms with Crippen molar-refractivity contribution >= 4 is 6.29 Å². The lowest BCUT2D eigenvalue weighted by atomic mass is 9.85. The molecular weight excluding hydrogens is 196 g/mol. The van der Waals surface area contributed by atoms with E-state index in [0.717, 1.165) is 25.0 Å². The maximum atomic E-state index is 10.1. The van der Waals surface area contributed by atoms with Gasteiger partial charge in [0.05, 0.1) is 0 Å². The molecular formula is C15H28O. The van der Waals surface area contributed by atoms with Crippen LogP contribution < -0.4 is 0 Å². The van der Waals surface area contributed by atoms with Crippen molar-refractivity contribution in [3.05, 3.63) is 0 Å². The van der Waals surface area contributed by atoms with E-state index in [2.05, 4.69) is 0 Å². The molecule has 1 rings (SSSR count). The van der Waals surface area contributed by atoms with Crippen LogP contribution in [-0.4, -0.2) is 6.29 Å². The van der Waals surface area contributed by atoms with Crippen LogP contribution >= 0.6 is 0 Å². The molecule has 0 amide bonds. The van der Waals surface area contributed by atoms with Gasteiger partial charge in [-0.2, -0.15) is 0 Å². The average molecular weight is 224 g/mol. The summed E-state index contributed by atoms with van der Waals surface area (Å²) in [5.74, 6) is 1.06. The maximum Gasteiger partial charge on any atom is 0.119 e. The van der Waals surface area contributed by atoms with Crippen LogP contribution in [0, 0.1) is 5.92 Å². The lowest BCUT2D eigenvalue weighted by molar-refractivity contribution is -0.107. The summed E-state index contributed by atoms with van der Waals surface area (Å²) >= 11 is 0. The van der Waals surface area contributed by atoms with E-state index in [9.17, 15) is 4.79 Å². The fraction of sp³-hybridized carbons (Fsp3) is 0.933. The predicted molar refractivity (Wildman–Crippen MR) is 69.6 cm³/mol. The molecule has 0 aromatic rings. The normalized spacial score (nSPS) is 17.5. The molecule has 0 atom stereocenters. The highest BCUT2D eigenvalue weighted by atomic mass is 16.1. The molecule has 0 aromatic carbocycles. The van der Waals surface area contributed by atoms with Crippen LogP contribution in [0.2, 0.25) is 0 Å². The first-order valence-corrected chi connectivity index (χ1v) is 7.37. The van der Waals surface area contributed by atoms with E-state index < -0.39 is 0 Å². The van der Waals surface area contributed by atoms with Gasteiger partial charge in [0, 0.05) is 6.42 Å². The van der Waals surface area contributed by atoms with Crippen molar-refractivity contribution in [2.24, 2.45) is 5.92 Å². The summed E-state index contributed by atoms with van der Waals surface area (Å²) in [4.78, 5) is 10.1. The molecule has 1 aliphatic carbocycles. The summed E-state index contributed by atoms with van der Waals surface area (Å²) in [6.07, 6.45) is 18.7. The van der Waals surface area contributed by atoms with E-state index in [1.807, 2.05) is 0 Å². The first-order valence-electron chi connectivity index (χ1n) is 7.37. The standard InChI is InChI=1S/C15H28O/c16-14-10-5-3-1-2-4-7-11-15-12-8-6-9-13-15/h14-15H,1-13H2. The second-order valence-electron chi connectivity index (χ2n) is 5.37. The molecule has 1 fully saturated rings. The van der Waals surface area contributed by atoms with Crippen LogP contribution in [0.3, 0.4) is 0 Å². The van der Waals surface area contributed by atoms with Crippen LogP contribution in [0.25, 0.3) is 0 Å². The second-order valence-corrected chi connectivity index (χ2v) is 5.37. The highest BCUT2D eigenvalue weighted by Crippen LogP contribution is 2.28. The van der Waals surface area contributed by atoms with Crippen molar-refractivity contribution < 1.29 is 4.79 Å². The molecule has 0 aliphatic heterocycles. The Bertz CT molecular complexity index is 159. The molecule has 1 nitrogen and oxygen atoms in total. The van der Waals surface area contributed by atoms with Crippen molar-refractivity contribution in [1.82, 2.24) is 0 Å². The quantitative estimate of drug-likeness (QED) is 0.403. The van der Waals surface area contributed by atoms with Crippen molar-refractivity contribution in [2.45, 2.75) is 83.5 Å².